The summed E-state index contributed by atoms with van der Waals surface area (Å²) in [5, 5.41) is 7.02. The lowest BCUT2D eigenvalue weighted by atomic mass is 10.1. The van der Waals surface area contributed by atoms with Gasteiger partial charge in [0.1, 0.15) is 5.01 Å². The number of hydrogen-bond donors (Lipinski definition) is 1. The maximum absolute atomic E-state index is 4.51. The van der Waals surface area contributed by atoms with Crippen molar-refractivity contribution in [1.82, 2.24) is 15.2 Å². The molecule has 1 unspecified atom stereocenters. The fourth-order valence-electron chi connectivity index (χ4n) is 2.55. The van der Waals surface area contributed by atoms with E-state index in [0.29, 0.717) is 12.1 Å². The second kappa shape index (κ2) is 6.64. The third kappa shape index (κ3) is 4.04. The summed E-state index contributed by atoms with van der Waals surface area (Å²) in [4.78, 5) is 7.10. The Hall–Kier alpha value is -0.450. The molecular formula is C14H25N3S. The van der Waals surface area contributed by atoms with E-state index >= 15 is 0 Å². The average Bonchev–Trinajstić information content (AvgIpc) is 2.62. The van der Waals surface area contributed by atoms with E-state index in [9.17, 15) is 0 Å². The van der Waals surface area contributed by atoms with Gasteiger partial charge >= 0.3 is 0 Å². The first kappa shape index (κ1) is 14.0. The highest BCUT2D eigenvalue weighted by molar-refractivity contribution is 7.09. The second-order valence-electron chi connectivity index (χ2n) is 5.52. The maximum atomic E-state index is 4.51. The zero-order valence-corrected chi connectivity index (χ0v) is 12.6. The zero-order valence-electron chi connectivity index (χ0n) is 11.8. The van der Waals surface area contributed by atoms with Gasteiger partial charge in [0.15, 0.2) is 0 Å². The van der Waals surface area contributed by atoms with E-state index in [2.05, 4.69) is 41.4 Å². The maximum Gasteiger partial charge on any atom is 0.107 e. The van der Waals surface area contributed by atoms with Gasteiger partial charge in [-0.1, -0.05) is 0 Å². The number of thiazole rings is 1. The summed E-state index contributed by atoms with van der Waals surface area (Å²) in [6.07, 6.45) is 3.88. The molecule has 1 aliphatic heterocycles. The Morgan fingerprint density at radius 3 is 2.94 bits per heavy atom. The van der Waals surface area contributed by atoms with Gasteiger partial charge in [0, 0.05) is 29.7 Å². The number of rotatable bonds is 4. The molecule has 1 N–H and O–H groups in total. The molecule has 2 heterocycles. The number of hydrogen-bond acceptors (Lipinski definition) is 4. The third-order valence-electron chi connectivity index (χ3n) is 3.70. The van der Waals surface area contributed by atoms with E-state index in [1.807, 2.05) is 0 Å². The Morgan fingerprint density at radius 2 is 2.28 bits per heavy atom. The number of nitrogens with one attached hydrogen (secondary N) is 1. The van der Waals surface area contributed by atoms with Crippen molar-refractivity contribution in [3.05, 3.63) is 16.1 Å². The van der Waals surface area contributed by atoms with Crippen molar-refractivity contribution < 1.29 is 0 Å². The highest BCUT2D eigenvalue weighted by Crippen LogP contribution is 2.15. The van der Waals surface area contributed by atoms with Crippen molar-refractivity contribution in [1.29, 1.82) is 0 Å². The van der Waals surface area contributed by atoms with Crippen LogP contribution in [0.1, 0.15) is 43.8 Å². The van der Waals surface area contributed by atoms with Crippen LogP contribution >= 0.6 is 11.3 Å². The quantitative estimate of drug-likeness (QED) is 0.909. The largest absolute Gasteiger partial charge is 0.308 e. The lowest BCUT2D eigenvalue weighted by molar-refractivity contribution is 0.229. The summed E-state index contributed by atoms with van der Waals surface area (Å²) in [5.74, 6) is 0. The van der Waals surface area contributed by atoms with Crippen molar-refractivity contribution in [3.63, 3.8) is 0 Å². The molecule has 1 saturated heterocycles. The monoisotopic (exact) mass is 267 g/mol. The first-order chi connectivity index (χ1) is 8.65. The summed E-state index contributed by atoms with van der Waals surface area (Å²) < 4.78 is 0. The molecule has 1 atom stereocenters. The molecule has 3 nitrogen and oxygen atoms in total. The van der Waals surface area contributed by atoms with E-state index < -0.39 is 0 Å². The molecule has 4 heteroatoms. The van der Waals surface area contributed by atoms with Gasteiger partial charge in [0.05, 0.1) is 0 Å². The van der Waals surface area contributed by atoms with Crippen LogP contribution in [-0.2, 0) is 6.54 Å². The van der Waals surface area contributed by atoms with Crippen LogP contribution in [0.4, 0.5) is 0 Å². The third-order valence-corrected chi connectivity index (χ3v) is 4.67. The smallest absolute Gasteiger partial charge is 0.107 e. The molecule has 18 heavy (non-hydrogen) atoms. The van der Waals surface area contributed by atoms with Crippen LogP contribution < -0.4 is 5.32 Å². The summed E-state index contributed by atoms with van der Waals surface area (Å²) in [6.45, 7) is 10.1. The molecule has 0 aliphatic carbocycles. The lowest BCUT2D eigenvalue weighted by Crippen LogP contribution is -2.33. The predicted molar refractivity (Wildman–Crippen MR) is 78.0 cm³/mol. The van der Waals surface area contributed by atoms with Gasteiger partial charge in [-0.05, 0) is 53.1 Å². The summed E-state index contributed by atoms with van der Waals surface area (Å²) in [7, 11) is 0. The minimum atomic E-state index is 0.665. The molecule has 0 amide bonds. The minimum Gasteiger partial charge on any atom is -0.308 e. The first-order valence-corrected chi connectivity index (χ1v) is 7.91. The molecule has 1 aliphatic rings. The number of nitrogens with zero attached hydrogens (tertiary/aromatic N) is 2. The van der Waals surface area contributed by atoms with Gasteiger partial charge in [-0.2, -0.15) is 0 Å². The van der Waals surface area contributed by atoms with Crippen LogP contribution in [0.2, 0.25) is 0 Å². The summed E-state index contributed by atoms with van der Waals surface area (Å²) >= 11 is 1.76. The van der Waals surface area contributed by atoms with Crippen LogP contribution in [0.5, 0.6) is 0 Å². The van der Waals surface area contributed by atoms with Crippen LogP contribution in [-0.4, -0.2) is 35.1 Å². The fraction of sp³-hybridized carbons (Fsp3) is 0.786. The van der Waals surface area contributed by atoms with E-state index in [1.165, 1.54) is 37.4 Å². The topological polar surface area (TPSA) is 28.2 Å². The standard InChI is InChI=1S/C14H25N3S/c1-11(2)17-7-4-5-13(6-8-17)15-9-14-16-12(3)10-18-14/h10-11,13,15H,4-9H2,1-3H3. The summed E-state index contributed by atoms with van der Waals surface area (Å²) in [5.41, 5.74) is 1.14. The van der Waals surface area contributed by atoms with Crippen LogP contribution in [0.15, 0.2) is 5.38 Å². The van der Waals surface area contributed by atoms with Gasteiger partial charge in [0.2, 0.25) is 0 Å². The molecule has 0 radical (unpaired) electrons. The average molecular weight is 267 g/mol. The van der Waals surface area contributed by atoms with Crippen molar-refractivity contribution >= 4 is 11.3 Å². The highest BCUT2D eigenvalue weighted by Gasteiger charge is 2.18. The van der Waals surface area contributed by atoms with Crippen molar-refractivity contribution in [3.8, 4) is 0 Å². The molecule has 1 fully saturated rings. The second-order valence-corrected chi connectivity index (χ2v) is 6.46. The molecule has 1 aromatic rings. The fourth-order valence-corrected chi connectivity index (χ4v) is 3.28. The number of likely N-dealkylation sites (tertiary alicyclic amines) is 1. The van der Waals surface area contributed by atoms with Crippen molar-refractivity contribution in [2.75, 3.05) is 13.1 Å². The highest BCUT2D eigenvalue weighted by atomic mass is 32.1. The Balaban J connectivity index is 1.77. The molecule has 0 spiro atoms. The Bertz CT molecular complexity index is 362. The molecule has 102 valence electrons. The zero-order chi connectivity index (χ0) is 13.0. The number of aryl methyl sites for hydroxylation is 1. The Labute approximate surface area is 115 Å². The van der Waals surface area contributed by atoms with E-state index in [1.54, 1.807) is 11.3 Å². The molecule has 0 aromatic carbocycles. The molecule has 2 rings (SSSR count). The van der Waals surface area contributed by atoms with Gasteiger partial charge in [-0.25, -0.2) is 4.98 Å². The SMILES string of the molecule is Cc1csc(CNC2CCCN(C(C)C)CC2)n1. The van der Waals surface area contributed by atoms with Crippen LogP contribution in [0.25, 0.3) is 0 Å². The molecule has 1 aromatic heterocycles. The van der Waals surface area contributed by atoms with E-state index in [4.69, 9.17) is 0 Å². The Kier molecular flexibility index (Phi) is 5.15. The molecule has 0 bridgehead atoms. The van der Waals surface area contributed by atoms with E-state index in [0.717, 1.165) is 12.2 Å². The minimum absolute atomic E-state index is 0.665. The Morgan fingerprint density at radius 1 is 1.44 bits per heavy atom. The van der Waals surface area contributed by atoms with Crippen molar-refractivity contribution in [2.45, 2.75) is 58.7 Å². The number of aromatic nitrogens is 1. The predicted octanol–water partition coefficient (Wildman–Crippen LogP) is 2.80. The van der Waals surface area contributed by atoms with Gasteiger partial charge < -0.3 is 10.2 Å². The molecular weight excluding hydrogens is 242 g/mol. The molecule has 0 saturated carbocycles. The normalized spacial score (nSPS) is 22.3. The van der Waals surface area contributed by atoms with Crippen LogP contribution in [0.3, 0.4) is 0 Å². The lowest BCUT2D eigenvalue weighted by Gasteiger charge is -2.24. The van der Waals surface area contributed by atoms with Crippen molar-refractivity contribution in [2.24, 2.45) is 0 Å². The first-order valence-electron chi connectivity index (χ1n) is 7.03. The van der Waals surface area contributed by atoms with Gasteiger partial charge in [-0.3, -0.25) is 0 Å². The van der Waals surface area contributed by atoms with Crippen LogP contribution in [0, 0.1) is 6.92 Å². The van der Waals surface area contributed by atoms with Gasteiger partial charge in [-0.15, -0.1) is 11.3 Å². The van der Waals surface area contributed by atoms with E-state index in [-0.39, 0.29) is 0 Å². The summed E-state index contributed by atoms with van der Waals surface area (Å²) in [6, 6.07) is 1.35. The van der Waals surface area contributed by atoms with Gasteiger partial charge in [0.25, 0.3) is 0 Å².